The Morgan fingerprint density at radius 2 is 0.875 bits per heavy atom. The van der Waals surface area contributed by atoms with E-state index in [-0.39, 0.29) is 33.6 Å². The first-order chi connectivity index (χ1) is 7.00. The summed E-state index contributed by atoms with van der Waals surface area (Å²) in [4.78, 5) is 0. The molecule has 0 aliphatic carbocycles. The predicted molar refractivity (Wildman–Crippen MR) is 70.6 cm³/mol. The van der Waals surface area contributed by atoms with Gasteiger partial charge in [0.15, 0.2) is 0 Å². The van der Waals surface area contributed by atoms with Gasteiger partial charge in [0, 0.05) is 33.6 Å². The molecular weight excluding hydrogens is 326 g/mol. The molecule has 16 heavy (non-hydrogen) atoms. The summed E-state index contributed by atoms with van der Waals surface area (Å²) in [6.45, 7) is 0. The molecule has 2 rings (SSSR count). The third-order valence-corrected chi connectivity index (χ3v) is 1.11. The van der Waals surface area contributed by atoms with Crippen molar-refractivity contribution in [3.8, 4) is 0 Å². The zero-order valence-electron chi connectivity index (χ0n) is 9.26. The van der Waals surface area contributed by atoms with Gasteiger partial charge in [0.05, 0.1) is 0 Å². The fourth-order valence-corrected chi connectivity index (χ4v) is 0.642. The van der Waals surface area contributed by atoms with Crippen LogP contribution in [-0.4, -0.2) is 12.5 Å². The summed E-state index contributed by atoms with van der Waals surface area (Å²) < 4.78 is 0. The van der Waals surface area contributed by atoms with E-state index in [9.17, 15) is 0 Å². The molecule has 0 aliphatic rings. The zero-order chi connectivity index (χ0) is 11.1. The molecule has 0 unspecified atom stereocenters. The van der Waals surface area contributed by atoms with Crippen molar-refractivity contribution in [3.63, 3.8) is 0 Å². The molecule has 0 aromatic heterocycles. The Balaban J connectivity index is -0.0000000631. The van der Waals surface area contributed by atoms with Gasteiger partial charge in [-0.25, -0.2) is 12.1 Å². The Bertz CT molecular complexity index is 156. The van der Waals surface area contributed by atoms with Gasteiger partial charge in [-0.15, -0.1) is 0 Å². The van der Waals surface area contributed by atoms with Gasteiger partial charge in [0.25, 0.3) is 0 Å². The van der Waals surface area contributed by atoms with Crippen molar-refractivity contribution in [1.82, 2.24) is 0 Å². The normalized spacial score (nSPS) is 5.75. The molecule has 4 heteroatoms. The minimum Gasteiger partial charge on any atom is -0.796 e. The molecule has 0 saturated heterocycles. The minimum absolute atomic E-state index is 0. The first-order valence-corrected chi connectivity index (χ1v) is 5.78. The molecule has 2 radical (unpaired) electrons. The Hall–Kier alpha value is 0.413. The molecule has 0 atom stereocenters. The van der Waals surface area contributed by atoms with Crippen molar-refractivity contribution in [2.24, 2.45) is 0 Å². The minimum atomic E-state index is 0. The molecule has 2 aromatic rings. The average molecular weight is 342 g/mol. The monoisotopic (exact) mass is 342 g/mol. The molecule has 2 aromatic carbocycles. The van der Waals surface area contributed by atoms with E-state index < -0.39 is 0 Å². The van der Waals surface area contributed by atoms with Crippen LogP contribution in [0, 0.1) is 0 Å². The Morgan fingerprint density at radius 1 is 0.625 bits per heavy atom. The van der Waals surface area contributed by atoms with Crippen molar-refractivity contribution >= 4 is 25.3 Å². The van der Waals surface area contributed by atoms with Gasteiger partial charge >= 0.3 is 0 Å². The van der Waals surface area contributed by atoms with Crippen LogP contribution in [0.5, 0.6) is 0 Å². The van der Waals surface area contributed by atoms with E-state index in [1.165, 1.54) is 0 Å². The van der Waals surface area contributed by atoms with Crippen LogP contribution in [0.1, 0.15) is 0 Å². The van der Waals surface area contributed by atoms with Gasteiger partial charge in [0.1, 0.15) is 0 Å². The zero-order valence-corrected chi connectivity index (χ0v) is 13.0. The second kappa shape index (κ2) is 29.5. The van der Waals surface area contributed by atoms with Crippen molar-refractivity contribution in [2.75, 3.05) is 12.5 Å². The van der Waals surface area contributed by atoms with E-state index in [4.69, 9.17) is 0 Å². The number of hydrogen-bond donors (Lipinski definition) is 0. The van der Waals surface area contributed by atoms with Gasteiger partial charge in [-0.2, -0.15) is 30.7 Å². The van der Waals surface area contributed by atoms with Crippen LogP contribution in [-0.2, 0) is 58.8 Å². The van der Waals surface area contributed by atoms with Gasteiger partial charge in [-0.1, -0.05) is 0 Å². The largest absolute Gasteiger partial charge is 0.796 e. The van der Waals surface area contributed by atoms with E-state index in [0.29, 0.717) is 0 Å². The first-order valence-electron chi connectivity index (χ1n) is 4.15. The molecule has 0 heterocycles. The molecule has 0 spiro atoms. The van der Waals surface area contributed by atoms with Crippen LogP contribution >= 0.6 is 0 Å². The summed E-state index contributed by atoms with van der Waals surface area (Å²) in [5.74, 6) is 0. The first kappa shape index (κ1) is 25.3. The quantitative estimate of drug-likeness (QED) is 0.533. The Kier molecular flexibility index (Phi) is 46.7. The topological polar surface area (TPSA) is 0 Å². The van der Waals surface area contributed by atoms with Crippen LogP contribution in [0.25, 0.3) is 0 Å². The molecule has 0 aliphatic heterocycles. The van der Waals surface area contributed by atoms with E-state index in [1.54, 1.807) is 12.5 Å². The fraction of sp³-hybridized carbons (Fsp3) is 0.167. The second-order valence-corrected chi connectivity index (χ2v) is 1.92. The average Bonchev–Trinajstić information content (AvgIpc) is 3.01. The van der Waals surface area contributed by atoms with Crippen LogP contribution in [0.15, 0.2) is 60.7 Å². The molecular formula is C12H16Co2S2-8. The van der Waals surface area contributed by atoms with E-state index in [2.05, 4.69) is 25.3 Å². The van der Waals surface area contributed by atoms with Crippen LogP contribution in [0.4, 0.5) is 0 Å². The number of hydrogen-bond acceptors (Lipinski definition) is 2. The molecule has 0 amide bonds. The molecule has 102 valence electrons. The Labute approximate surface area is 131 Å². The molecule has 0 bridgehead atoms. The summed E-state index contributed by atoms with van der Waals surface area (Å²) in [6, 6.07) is 20.0. The fourth-order valence-electron chi connectivity index (χ4n) is 0.642. The van der Waals surface area contributed by atoms with E-state index >= 15 is 0 Å². The van der Waals surface area contributed by atoms with Gasteiger partial charge < -0.3 is 55.6 Å². The maximum atomic E-state index is 4.08. The maximum absolute atomic E-state index is 4.08. The van der Waals surface area contributed by atoms with Crippen LogP contribution in [0.3, 0.4) is 0 Å². The Morgan fingerprint density at radius 3 is 1.00 bits per heavy atom. The van der Waals surface area contributed by atoms with Crippen molar-refractivity contribution < 1.29 is 33.6 Å². The molecule has 0 N–H and O–H groups in total. The molecule has 0 saturated carbocycles. The molecule has 0 fully saturated rings. The third-order valence-electron chi connectivity index (χ3n) is 1.11. The number of rotatable bonds is 0. The van der Waals surface area contributed by atoms with E-state index in [0.717, 1.165) is 0 Å². The summed E-state index contributed by atoms with van der Waals surface area (Å²) in [6.07, 6.45) is 3.17. The summed E-state index contributed by atoms with van der Waals surface area (Å²) in [7, 11) is 0. The van der Waals surface area contributed by atoms with Crippen molar-refractivity contribution in [3.05, 3.63) is 60.7 Å². The smallest absolute Gasteiger partial charge is 0 e. The third kappa shape index (κ3) is 23.9. The van der Waals surface area contributed by atoms with Gasteiger partial charge in [0.2, 0.25) is 0 Å². The standard InChI is InChI=1S/2C5H5.2CH4S.2Co/c2*1-2-4-5-3-1;2*1-2;;/h2*1-5H;2*2H,1H3;;/q-5;-1;;;;/p-2. The predicted octanol–water partition coefficient (Wildman–Crippen LogP) is 3.13. The molecule has 0 nitrogen and oxygen atoms in total. The van der Waals surface area contributed by atoms with Crippen molar-refractivity contribution in [1.29, 1.82) is 0 Å². The van der Waals surface area contributed by atoms with Crippen LogP contribution in [0.2, 0.25) is 0 Å². The second-order valence-electron chi connectivity index (χ2n) is 1.92. The van der Waals surface area contributed by atoms with Crippen LogP contribution < -0.4 is 0 Å². The summed E-state index contributed by atoms with van der Waals surface area (Å²) in [5, 5.41) is 0. The van der Waals surface area contributed by atoms with Gasteiger partial charge in [-0.3, -0.25) is 0 Å². The summed E-state index contributed by atoms with van der Waals surface area (Å²) in [5.41, 5.74) is 0. The SMILES string of the molecule is C[S-].C[S-].[Co].[Co].[cH-]1[cH-][cH-][cH-][cH-]1.c1cc[cH-]c1. The van der Waals surface area contributed by atoms with Crippen molar-refractivity contribution in [2.45, 2.75) is 0 Å². The van der Waals surface area contributed by atoms with E-state index in [1.807, 2.05) is 60.7 Å². The summed E-state index contributed by atoms with van der Waals surface area (Å²) >= 11 is 8.17. The van der Waals surface area contributed by atoms with Gasteiger partial charge in [-0.05, 0) is 0 Å². The maximum Gasteiger partial charge on any atom is 0 e.